The number of pyridine rings is 2. The first-order valence-electron chi connectivity index (χ1n) is 22.3. The molecule has 2 atom stereocenters. The van der Waals surface area contributed by atoms with Crippen molar-refractivity contribution in [2.45, 2.75) is 88.9 Å². The molecule has 11 rings (SSSR count). The van der Waals surface area contributed by atoms with Crippen molar-refractivity contribution in [2.24, 2.45) is 11.8 Å². The summed E-state index contributed by atoms with van der Waals surface area (Å²) in [7, 11) is -1.45. The molecule has 0 spiro atoms. The van der Waals surface area contributed by atoms with Gasteiger partial charge in [0, 0.05) is 52.5 Å². The second-order valence-corrected chi connectivity index (χ2v) is 25.6. The number of thiophene rings is 4. The maximum atomic E-state index is 5.29. The van der Waals surface area contributed by atoms with E-state index in [1.807, 2.05) is 22.7 Å². The second-order valence-electron chi connectivity index (χ2n) is 16.9. The van der Waals surface area contributed by atoms with Gasteiger partial charge in [-0.25, -0.2) is 0 Å². The van der Waals surface area contributed by atoms with Crippen LogP contribution in [0.15, 0.2) is 95.0 Å². The van der Waals surface area contributed by atoms with E-state index < -0.39 is 10.0 Å². The largest absolute Gasteiger partial charge is 0.252 e. The fourth-order valence-corrected chi connectivity index (χ4v) is 21.6. The molecule has 0 bridgehead atoms. The summed E-state index contributed by atoms with van der Waals surface area (Å²) in [6.45, 7) is 9.54. The van der Waals surface area contributed by atoms with E-state index >= 15 is 0 Å². The van der Waals surface area contributed by atoms with Crippen LogP contribution in [-0.4, -0.2) is 39.0 Å². The van der Waals surface area contributed by atoms with Crippen molar-refractivity contribution >= 4 is 121 Å². The van der Waals surface area contributed by atoms with Crippen molar-refractivity contribution in [3.05, 3.63) is 85.2 Å². The number of rotatable bonds is 16. The quantitative estimate of drug-likeness (QED) is 0.0960. The Morgan fingerprint density at radius 2 is 0.952 bits per heavy atom. The summed E-state index contributed by atoms with van der Waals surface area (Å²) in [5, 5.41) is 2.50. The summed E-state index contributed by atoms with van der Waals surface area (Å²) in [4.78, 5) is 21.4. The third kappa shape index (κ3) is 7.30. The van der Waals surface area contributed by atoms with Gasteiger partial charge >= 0.3 is 0 Å². The lowest BCUT2D eigenvalue weighted by molar-refractivity contribution is 0.484. The standard InChI is InChI=1S/C50H48N6S7/c1-5-9-15-29(7-3)27-63(28-30(8-4)16-10-6-2)41-23-39(45-47-43(53-61-55-47)33(25-51-45)37-21-31-17-11-13-19-35(31)57-37)59-49(41)50-42(63)24-40(60-50)46-48-44(54-62-56-48)34(26-52-46)38-22-32-18-12-14-20-36(32)58-38/h11-14,17-26,29-30H,5-10,15-16,27-28H2,1-4H3. The molecule has 13 heteroatoms. The number of hydrogen-bond acceptors (Lipinski definition) is 12. The highest BCUT2D eigenvalue weighted by Crippen LogP contribution is 2.77. The van der Waals surface area contributed by atoms with Crippen LogP contribution in [0.3, 0.4) is 0 Å². The minimum atomic E-state index is -1.45. The van der Waals surface area contributed by atoms with Crippen molar-refractivity contribution in [1.82, 2.24) is 27.5 Å². The molecule has 8 aromatic heterocycles. The van der Waals surface area contributed by atoms with Crippen molar-refractivity contribution in [2.75, 3.05) is 11.5 Å². The molecule has 9 heterocycles. The normalized spacial score (nSPS) is 14.9. The summed E-state index contributed by atoms with van der Waals surface area (Å²) < 4.78 is 22.3. The molecule has 0 aliphatic carbocycles. The molecule has 1 aliphatic heterocycles. The lowest BCUT2D eigenvalue weighted by Crippen LogP contribution is -2.20. The van der Waals surface area contributed by atoms with Crippen LogP contribution in [0.25, 0.3) is 94.0 Å². The SMILES string of the molecule is CCCCC(CC)CS1(CC(CC)CCCC)c2cc(-c3ncc(-c4cc5ccccc5s4)c4nsnc34)sc2-c2sc(-c3ncc(-c4cc5ccccc5s4)c4nsnc34)cc21. The molecular weight excluding hydrogens is 909 g/mol. The van der Waals surface area contributed by atoms with Gasteiger partial charge in [0.15, 0.2) is 0 Å². The Morgan fingerprint density at radius 1 is 0.508 bits per heavy atom. The maximum absolute atomic E-state index is 5.29. The number of unbranched alkanes of at least 4 members (excludes halogenated alkanes) is 2. The summed E-state index contributed by atoms with van der Waals surface area (Å²) >= 11 is 10.1. The predicted molar refractivity (Wildman–Crippen MR) is 278 cm³/mol. The van der Waals surface area contributed by atoms with Crippen LogP contribution in [-0.2, 0) is 0 Å². The lowest BCUT2D eigenvalue weighted by Gasteiger charge is -2.42. The summed E-state index contributed by atoms with van der Waals surface area (Å²) in [6, 6.07) is 26.9. The number of aromatic nitrogens is 6. The van der Waals surface area contributed by atoms with Gasteiger partial charge in [0.2, 0.25) is 0 Å². The monoisotopic (exact) mass is 956 g/mol. The molecule has 0 fully saturated rings. The zero-order valence-electron chi connectivity index (χ0n) is 35.8. The van der Waals surface area contributed by atoms with Crippen LogP contribution in [0, 0.1) is 11.8 Å². The van der Waals surface area contributed by atoms with Crippen molar-refractivity contribution in [3.63, 3.8) is 0 Å². The molecular formula is C50H48N6S7. The fourth-order valence-electron chi connectivity index (χ4n) is 9.52. The van der Waals surface area contributed by atoms with Crippen LogP contribution >= 0.6 is 78.8 Å². The highest BCUT2D eigenvalue weighted by Gasteiger charge is 2.45. The van der Waals surface area contributed by atoms with Gasteiger partial charge in [-0.05, 0) is 83.4 Å². The Hall–Kier alpha value is -3.95. The van der Waals surface area contributed by atoms with E-state index in [4.69, 9.17) is 27.5 Å². The van der Waals surface area contributed by atoms with Crippen molar-refractivity contribution in [3.8, 4) is 51.8 Å². The van der Waals surface area contributed by atoms with Gasteiger partial charge < -0.3 is 0 Å². The van der Waals surface area contributed by atoms with Crippen LogP contribution < -0.4 is 0 Å². The zero-order valence-corrected chi connectivity index (χ0v) is 41.6. The van der Waals surface area contributed by atoms with Crippen LogP contribution in [0.1, 0.15) is 79.1 Å². The number of benzene rings is 2. The van der Waals surface area contributed by atoms with Crippen molar-refractivity contribution in [1.29, 1.82) is 0 Å². The maximum Gasteiger partial charge on any atom is 0.132 e. The molecule has 0 saturated heterocycles. The number of hydrogen-bond donors (Lipinski definition) is 0. The Bertz CT molecular complexity index is 2970. The fraction of sp³-hybridized carbons (Fsp3) is 0.320. The first-order valence-corrected chi connectivity index (χ1v) is 29.0. The molecule has 320 valence electrons. The Labute approximate surface area is 394 Å². The average Bonchev–Trinajstić information content (AvgIpc) is 4.17. The molecule has 6 nitrogen and oxygen atoms in total. The molecule has 0 N–H and O–H groups in total. The minimum absolute atomic E-state index is 0.662. The second kappa shape index (κ2) is 17.5. The highest BCUT2D eigenvalue weighted by molar-refractivity contribution is 8.34. The van der Waals surface area contributed by atoms with Gasteiger partial charge in [-0.15, -0.1) is 45.3 Å². The topological polar surface area (TPSA) is 77.3 Å². The Morgan fingerprint density at radius 3 is 1.38 bits per heavy atom. The first kappa shape index (κ1) is 41.7. The van der Waals surface area contributed by atoms with E-state index in [9.17, 15) is 0 Å². The van der Waals surface area contributed by atoms with Gasteiger partial charge in [-0.2, -0.15) is 27.5 Å². The molecule has 0 amide bonds. The third-order valence-electron chi connectivity index (χ3n) is 13.0. The van der Waals surface area contributed by atoms with E-state index in [1.165, 1.54) is 136 Å². The van der Waals surface area contributed by atoms with Crippen molar-refractivity contribution < 1.29 is 0 Å². The molecule has 0 radical (unpaired) electrons. The van der Waals surface area contributed by atoms with Gasteiger partial charge in [0.1, 0.15) is 33.5 Å². The smallest absolute Gasteiger partial charge is 0.132 e. The average molecular weight is 957 g/mol. The van der Waals surface area contributed by atoms with Gasteiger partial charge in [-0.1, -0.05) is 103 Å². The molecule has 2 aromatic carbocycles. The van der Waals surface area contributed by atoms with Crippen LogP contribution in [0.2, 0.25) is 0 Å². The summed E-state index contributed by atoms with van der Waals surface area (Å²) in [6.07, 6.45) is 14.1. The van der Waals surface area contributed by atoms with E-state index in [0.29, 0.717) is 11.8 Å². The summed E-state index contributed by atoms with van der Waals surface area (Å²) in [5.41, 5.74) is 7.76. The minimum Gasteiger partial charge on any atom is -0.252 e. The van der Waals surface area contributed by atoms with Gasteiger partial charge in [0.25, 0.3) is 0 Å². The van der Waals surface area contributed by atoms with Gasteiger partial charge in [-0.3, -0.25) is 9.97 Å². The lowest BCUT2D eigenvalue weighted by atomic mass is 10.0. The third-order valence-corrected chi connectivity index (χ3v) is 23.5. The highest BCUT2D eigenvalue weighted by atomic mass is 32.3. The predicted octanol–water partition coefficient (Wildman–Crippen LogP) is 17.3. The van der Waals surface area contributed by atoms with Gasteiger partial charge in [0.05, 0.1) is 43.0 Å². The van der Waals surface area contributed by atoms with Crippen LogP contribution in [0.5, 0.6) is 0 Å². The molecule has 63 heavy (non-hydrogen) atoms. The molecule has 0 saturated carbocycles. The number of nitrogens with zero attached hydrogens (tertiary/aromatic N) is 6. The number of fused-ring (bicyclic) bond motifs is 7. The van der Waals surface area contributed by atoms with E-state index in [1.54, 1.807) is 32.5 Å². The van der Waals surface area contributed by atoms with Crippen LogP contribution in [0.4, 0.5) is 0 Å². The van der Waals surface area contributed by atoms with E-state index in [-0.39, 0.29) is 0 Å². The Balaban J connectivity index is 1.08. The Kier molecular flexibility index (Phi) is 11.6. The first-order chi connectivity index (χ1) is 31.0. The zero-order chi connectivity index (χ0) is 42.7. The van der Waals surface area contributed by atoms with E-state index in [0.717, 1.165) is 44.6 Å². The molecule has 2 unspecified atom stereocenters. The van der Waals surface area contributed by atoms with E-state index in [2.05, 4.69) is 113 Å². The summed E-state index contributed by atoms with van der Waals surface area (Å²) in [5.74, 6) is 3.79. The molecule has 10 aromatic rings. The molecule has 1 aliphatic rings.